The van der Waals surface area contributed by atoms with E-state index in [1.807, 2.05) is 0 Å². The van der Waals surface area contributed by atoms with Crippen molar-refractivity contribution in [2.45, 2.75) is 0 Å². The first-order chi connectivity index (χ1) is 7.11. The Hall–Kier alpha value is -2.83. The Morgan fingerprint density at radius 2 is 1.67 bits per heavy atom. The van der Waals surface area contributed by atoms with E-state index in [9.17, 15) is 24.0 Å². The smallest absolute Gasteiger partial charge is 0.292 e. The zero-order valence-corrected chi connectivity index (χ0v) is 6.74. The number of carbonyl (C=O) groups excluding carboxylic acids is 2. The molecular formula is C5N4O6. The first kappa shape index (κ1) is 10.3. The summed E-state index contributed by atoms with van der Waals surface area (Å²) in [4.78, 5) is 51.9. The molecule has 0 saturated heterocycles. The van der Waals surface area contributed by atoms with Crippen molar-refractivity contribution in [3.8, 4) is 0 Å². The number of aromatic nitrogens is 2. The van der Waals surface area contributed by atoms with Crippen LogP contribution in [0.1, 0.15) is 0 Å². The molecule has 1 heterocycles. The van der Waals surface area contributed by atoms with E-state index >= 15 is 0 Å². The first-order valence-corrected chi connectivity index (χ1v) is 3.18. The number of rotatable bonds is 2. The van der Waals surface area contributed by atoms with Gasteiger partial charge in [0.15, 0.2) is 0 Å². The van der Waals surface area contributed by atoms with E-state index in [4.69, 9.17) is 0 Å². The van der Waals surface area contributed by atoms with E-state index in [2.05, 4.69) is 14.7 Å². The van der Waals surface area contributed by atoms with Crippen molar-refractivity contribution in [1.82, 2.24) is 9.75 Å². The quantitative estimate of drug-likeness (QED) is 0.294. The topological polar surface area (TPSA) is 133 Å². The minimum atomic E-state index is -1.56. The van der Waals surface area contributed by atoms with Crippen LogP contribution >= 0.6 is 0 Å². The van der Waals surface area contributed by atoms with Crippen molar-refractivity contribution in [1.29, 1.82) is 0 Å². The van der Waals surface area contributed by atoms with E-state index in [0.717, 1.165) is 12.2 Å². The molecule has 1 aromatic rings. The van der Waals surface area contributed by atoms with Crippen molar-refractivity contribution in [3.05, 3.63) is 31.0 Å². The summed E-state index contributed by atoms with van der Waals surface area (Å²) in [5.41, 5.74) is -4.63. The lowest BCUT2D eigenvalue weighted by atomic mass is 10.7. The van der Waals surface area contributed by atoms with E-state index in [-0.39, 0.29) is 9.75 Å². The van der Waals surface area contributed by atoms with Crippen LogP contribution in [0.25, 0.3) is 0 Å². The third-order valence-electron chi connectivity index (χ3n) is 1.15. The van der Waals surface area contributed by atoms with Crippen LogP contribution in [-0.4, -0.2) is 21.9 Å². The maximum atomic E-state index is 11.0. The summed E-state index contributed by atoms with van der Waals surface area (Å²) in [6.45, 7) is 0. The molecule has 76 valence electrons. The standard InChI is InChI=1S/C5N4O6/c10-1-6-8-4(13)3(12)5(14)15-9(8)7-2-11. The number of hydrogen-bond acceptors (Lipinski definition) is 8. The van der Waals surface area contributed by atoms with Crippen LogP contribution in [0.5, 0.6) is 0 Å². The zero-order valence-electron chi connectivity index (χ0n) is 6.74. The third kappa shape index (κ3) is 1.75. The molecule has 0 aromatic carbocycles. The summed E-state index contributed by atoms with van der Waals surface area (Å²) in [6.07, 6.45) is 1.81. The molecule has 0 saturated carbocycles. The molecule has 10 heteroatoms. The molecule has 1 rings (SSSR count). The van der Waals surface area contributed by atoms with Gasteiger partial charge in [-0.2, -0.15) is 0 Å². The van der Waals surface area contributed by atoms with Crippen molar-refractivity contribution < 1.29 is 14.1 Å². The van der Waals surface area contributed by atoms with Gasteiger partial charge in [0.05, 0.1) is 0 Å². The molecule has 0 spiro atoms. The van der Waals surface area contributed by atoms with Crippen molar-refractivity contribution >= 4 is 12.2 Å². The summed E-state index contributed by atoms with van der Waals surface area (Å²) in [5.74, 6) is 0. The lowest BCUT2D eigenvalue weighted by molar-refractivity contribution is 0.165. The molecule has 0 atom stereocenters. The molecule has 0 bridgehead atoms. The average molecular weight is 212 g/mol. The van der Waals surface area contributed by atoms with E-state index < -0.39 is 16.6 Å². The van der Waals surface area contributed by atoms with Gasteiger partial charge in [-0.05, 0) is 5.10 Å². The second-order valence-electron chi connectivity index (χ2n) is 1.94. The molecule has 0 aliphatic carbocycles. The number of hydrogen-bond donors (Lipinski definition) is 0. The second kappa shape index (κ2) is 3.92. The van der Waals surface area contributed by atoms with Crippen LogP contribution < -0.4 is 16.6 Å². The Morgan fingerprint density at radius 1 is 1.07 bits per heavy atom. The van der Waals surface area contributed by atoms with Gasteiger partial charge in [0, 0.05) is 4.96 Å². The lowest BCUT2D eigenvalue weighted by Gasteiger charge is -1.96. The largest absolute Gasteiger partial charge is 0.413 e. The molecule has 0 radical (unpaired) electrons. The van der Waals surface area contributed by atoms with Gasteiger partial charge >= 0.3 is 16.6 Å². The van der Waals surface area contributed by atoms with Crippen LogP contribution in [-0.2, 0) is 9.59 Å². The summed E-state index contributed by atoms with van der Waals surface area (Å²) in [6, 6.07) is 0. The molecule has 0 fully saturated rings. The molecular weight excluding hydrogens is 212 g/mol. The highest BCUT2D eigenvalue weighted by molar-refractivity contribution is 5.33. The van der Waals surface area contributed by atoms with Crippen LogP contribution in [0.2, 0.25) is 0 Å². The average Bonchev–Trinajstić information content (AvgIpc) is 2.21. The molecule has 0 N–H and O–H groups in total. The summed E-state index contributed by atoms with van der Waals surface area (Å²) in [7, 11) is 0. The fourth-order valence-electron chi connectivity index (χ4n) is 0.630. The maximum Gasteiger partial charge on any atom is 0.413 e. The van der Waals surface area contributed by atoms with Gasteiger partial charge in [0.2, 0.25) is 0 Å². The van der Waals surface area contributed by atoms with E-state index in [1.54, 1.807) is 0 Å². The van der Waals surface area contributed by atoms with Gasteiger partial charge in [0.25, 0.3) is 12.2 Å². The molecule has 15 heavy (non-hydrogen) atoms. The Labute approximate surface area is 78.3 Å². The monoisotopic (exact) mass is 212 g/mol. The maximum absolute atomic E-state index is 11.0. The highest BCUT2D eigenvalue weighted by Crippen LogP contribution is 1.76. The van der Waals surface area contributed by atoms with Gasteiger partial charge in [-0.3, -0.25) is 14.1 Å². The highest BCUT2D eigenvalue weighted by Gasteiger charge is 2.10. The van der Waals surface area contributed by atoms with E-state index in [0.29, 0.717) is 0 Å². The third-order valence-corrected chi connectivity index (χ3v) is 1.15. The lowest BCUT2D eigenvalue weighted by Crippen LogP contribution is -2.45. The summed E-state index contributed by atoms with van der Waals surface area (Å²) >= 11 is 0. The minimum absolute atomic E-state index is 0.0539. The van der Waals surface area contributed by atoms with Crippen LogP contribution in [0.15, 0.2) is 29.1 Å². The van der Waals surface area contributed by atoms with Crippen molar-refractivity contribution in [3.63, 3.8) is 0 Å². The van der Waals surface area contributed by atoms with Gasteiger partial charge < -0.3 is 0 Å². The number of isocyanates is 2. The van der Waals surface area contributed by atoms with Crippen molar-refractivity contribution in [2.24, 2.45) is 10.2 Å². The Bertz CT molecular complexity index is 649. The number of nitrogens with zero attached hydrogens (tertiary/aromatic N) is 4. The Balaban J connectivity index is 3.89. The SMILES string of the molecule is O=C=Nn1oc(=O)c(=O)c(=O)n1N=C=O. The first-order valence-electron chi connectivity index (χ1n) is 3.18. The zero-order chi connectivity index (χ0) is 11.4. The normalized spacial score (nSPS) is 8.80. The fourth-order valence-corrected chi connectivity index (χ4v) is 0.630. The molecule has 0 unspecified atom stereocenters. The second-order valence-corrected chi connectivity index (χ2v) is 1.94. The molecule has 10 nitrogen and oxygen atoms in total. The van der Waals surface area contributed by atoms with Crippen LogP contribution in [0.4, 0.5) is 0 Å². The van der Waals surface area contributed by atoms with Crippen LogP contribution in [0, 0.1) is 0 Å². The Kier molecular flexibility index (Phi) is 2.68. The fraction of sp³-hybridized carbons (Fsp3) is 0. The summed E-state index contributed by atoms with van der Waals surface area (Å²) < 4.78 is 4.02. The van der Waals surface area contributed by atoms with E-state index in [1.165, 1.54) is 0 Å². The van der Waals surface area contributed by atoms with Gasteiger partial charge in [-0.15, -0.1) is 0 Å². The molecule has 1 aromatic heterocycles. The van der Waals surface area contributed by atoms with Gasteiger partial charge in [-0.25, -0.2) is 14.4 Å². The predicted octanol–water partition coefficient (Wildman–Crippen LogP) is -2.84. The van der Waals surface area contributed by atoms with Crippen LogP contribution in [0.3, 0.4) is 0 Å². The predicted molar refractivity (Wildman–Crippen MR) is 40.5 cm³/mol. The molecule has 0 aliphatic heterocycles. The highest BCUT2D eigenvalue weighted by atomic mass is 16.6. The van der Waals surface area contributed by atoms with Gasteiger partial charge in [0.1, 0.15) is 0 Å². The van der Waals surface area contributed by atoms with Crippen molar-refractivity contribution in [2.75, 3.05) is 0 Å². The summed E-state index contributed by atoms with van der Waals surface area (Å²) in [5, 5.41) is 5.37. The minimum Gasteiger partial charge on any atom is -0.292 e. The van der Waals surface area contributed by atoms with Gasteiger partial charge in [-0.1, -0.05) is 9.89 Å². The molecule has 0 aliphatic rings. The molecule has 0 amide bonds. The Morgan fingerprint density at radius 3 is 2.20 bits per heavy atom.